The average molecular weight is 354 g/mol. The van der Waals surface area contributed by atoms with Gasteiger partial charge in [0.1, 0.15) is 5.75 Å². The molecule has 0 atom stereocenters. The van der Waals surface area contributed by atoms with E-state index < -0.39 is 0 Å². The van der Waals surface area contributed by atoms with Gasteiger partial charge in [-0.3, -0.25) is 9.98 Å². The summed E-state index contributed by atoms with van der Waals surface area (Å²) in [6, 6.07) is 8.36. The lowest BCUT2D eigenvalue weighted by Gasteiger charge is -2.17. The molecule has 0 saturated heterocycles. The van der Waals surface area contributed by atoms with Crippen LogP contribution in [0.3, 0.4) is 0 Å². The highest BCUT2D eigenvalue weighted by Crippen LogP contribution is 2.21. The lowest BCUT2D eigenvalue weighted by molar-refractivity contribution is 0.239. The Balaban J connectivity index is 1.90. The molecule has 0 amide bonds. The molecule has 1 aromatic carbocycles. The summed E-state index contributed by atoms with van der Waals surface area (Å²) < 4.78 is 5.94. The van der Waals surface area contributed by atoms with Crippen LogP contribution in [-0.2, 0) is 13.0 Å². The van der Waals surface area contributed by atoms with E-state index in [0.29, 0.717) is 6.54 Å². The summed E-state index contributed by atoms with van der Waals surface area (Å²) in [5.41, 5.74) is 4.83. The molecule has 1 heterocycles. The minimum atomic E-state index is 0.150. The lowest BCUT2D eigenvalue weighted by atomic mass is 10.1. The summed E-state index contributed by atoms with van der Waals surface area (Å²) in [4.78, 5) is 8.44. The fourth-order valence-corrected chi connectivity index (χ4v) is 2.67. The van der Waals surface area contributed by atoms with Gasteiger partial charge in [0.25, 0.3) is 0 Å². The van der Waals surface area contributed by atoms with Gasteiger partial charge in [-0.1, -0.05) is 12.1 Å². The molecule has 2 aromatic rings. The van der Waals surface area contributed by atoms with Crippen molar-refractivity contribution in [3.8, 4) is 5.75 Å². The quantitative estimate of drug-likeness (QED) is 0.591. The van der Waals surface area contributed by atoms with E-state index in [1.54, 1.807) is 7.05 Å². The molecule has 2 N–H and O–H groups in total. The Bertz CT molecular complexity index is 741. The predicted octanol–water partition coefficient (Wildman–Crippen LogP) is 3.39. The van der Waals surface area contributed by atoms with Gasteiger partial charge in [0.2, 0.25) is 0 Å². The monoisotopic (exact) mass is 354 g/mol. The number of hydrogen-bond donors (Lipinski definition) is 2. The summed E-state index contributed by atoms with van der Waals surface area (Å²) >= 11 is 0. The first-order valence-corrected chi connectivity index (χ1v) is 9.09. The topological polar surface area (TPSA) is 58.5 Å². The second-order valence-corrected chi connectivity index (χ2v) is 6.68. The molecule has 1 aromatic heterocycles. The van der Waals surface area contributed by atoms with Crippen molar-refractivity contribution < 1.29 is 4.74 Å². The largest absolute Gasteiger partial charge is 0.491 e. The van der Waals surface area contributed by atoms with Crippen LogP contribution in [0.4, 0.5) is 0 Å². The highest BCUT2D eigenvalue weighted by Gasteiger charge is 2.07. The number of guanidine groups is 1. The number of benzene rings is 1. The second kappa shape index (κ2) is 9.80. The third kappa shape index (κ3) is 6.06. The van der Waals surface area contributed by atoms with Crippen molar-refractivity contribution in [2.24, 2.45) is 4.99 Å². The number of aromatic nitrogens is 1. The molecule has 0 saturated carbocycles. The molecule has 0 bridgehead atoms. The van der Waals surface area contributed by atoms with Crippen molar-refractivity contribution in [3.05, 3.63) is 58.9 Å². The maximum atomic E-state index is 5.94. The normalized spacial score (nSPS) is 11.5. The molecular weight excluding hydrogens is 324 g/mol. The van der Waals surface area contributed by atoms with E-state index in [2.05, 4.69) is 58.7 Å². The van der Waals surface area contributed by atoms with Crippen molar-refractivity contribution in [3.63, 3.8) is 0 Å². The predicted molar refractivity (Wildman–Crippen MR) is 108 cm³/mol. The van der Waals surface area contributed by atoms with Crippen molar-refractivity contribution in [2.45, 2.75) is 46.8 Å². The van der Waals surface area contributed by atoms with E-state index in [1.807, 2.05) is 26.2 Å². The first kappa shape index (κ1) is 19.8. The zero-order valence-corrected chi connectivity index (χ0v) is 16.5. The fourth-order valence-electron chi connectivity index (χ4n) is 2.67. The smallest absolute Gasteiger partial charge is 0.191 e. The van der Waals surface area contributed by atoms with Gasteiger partial charge in [-0.05, 0) is 62.9 Å². The number of nitrogens with one attached hydrogen (secondary N) is 2. The van der Waals surface area contributed by atoms with Crippen LogP contribution in [0.15, 0.2) is 41.7 Å². The molecule has 0 spiro atoms. The summed E-state index contributed by atoms with van der Waals surface area (Å²) in [5, 5.41) is 6.73. The van der Waals surface area contributed by atoms with Gasteiger partial charge in [-0.15, -0.1) is 0 Å². The first-order valence-electron chi connectivity index (χ1n) is 9.09. The number of hydrogen-bond acceptors (Lipinski definition) is 3. The molecule has 0 unspecified atom stereocenters. The van der Waals surface area contributed by atoms with E-state index in [4.69, 9.17) is 4.74 Å². The number of rotatable bonds is 7. The molecule has 5 nitrogen and oxygen atoms in total. The number of aliphatic imine (C=N–C) groups is 1. The zero-order valence-electron chi connectivity index (χ0n) is 16.5. The Labute approximate surface area is 156 Å². The second-order valence-electron chi connectivity index (χ2n) is 6.68. The third-order valence-corrected chi connectivity index (χ3v) is 4.08. The van der Waals surface area contributed by atoms with Gasteiger partial charge >= 0.3 is 0 Å². The Kier molecular flexibility index (Phi) is 7.45. The fraction of sp³-hybridized carbons (Fsp3) is 0.429. The number of pyridine rings is 1. The van der Waals surface area contributed by atoms with E-state index in [1.165, 1.54) is 16.7 Å². The third-order valence-electron chi connectivity index (χ3n) is 4.08. The zero-order chi connectivity index (χ0) is 18.9. The Morgan fingerprint density at radius 2 is 1.96 bits per heavy atom. The minimum Gasteiger partial charge on any atom is -0.491 e. The SMILES string of the molecule is CN=C(NCCc1ccncc1C)NCc1ccc(C)cc1OC(C)C. The Morgan fingerprint density at radius 1 is 1.15 bits per heavy atom. The average Bonchev–Trinajstić information content (AvgIpc) is 2.60. The summed E-state index contributed by atoms with van der Waals surface area (Å²) in [6.45, 7) is 9.72. The molecule has 0 aliphatic carbocycles. The van der Waals surface area contributed by atoms with Gasteiger partial charge in [0, 0.05) is 38.1 Å². The van der Waals surface area contributed by atoms with Crippen molar-refractivity contribution >= 4 is 5.96 Å². The van der Waals surface area contributed by atoms with Gasteiger partial charge in [-0.2, -0.15) is 0 Å². The Morgan fingerprint density at radius 3 is 2.65 bits per heavy atom. The number of aryl methyl sites for hydroxylation is 2. The molecular formula is C21H30N4O. The molecule has 26 heavy (non-hydrogen) atoms. The molecule has 5 heteroatoms. The van der Waals surface area contributed by atoms with E-state index in [9.17, 15) is 0 Å². The molecule has 0 radical (unpaired) electrons. The van der Waals surface area contributed by atoms with Crippen LogP contribution in [0.25, 0.3) is 0 Å². The number of nitrogens with zero attached hydrogens (tertiary/aromatic N) is 2. The van der Waals surface area contributed by atoms with Crippen LogP contribution in [0.1, 0.15) is 36.1 Å². The van der Waals surface area contributed by atoms with Crippen LogP contribution in [0.5, 0.6) is 5.75 Å². The van der Waals surface area contributed by atoms with Gasteiger partial charge in [0.15, 0.2) is 5.96 Å². The molecule has 0 aliphatic rings. The molecule has 2 rings (SSSR count). The van der Waals surface area contributed by atoms with Crippen molar-refractivity contribution in [1.29, 1.82) is 0 Å². The van der Waals surface area contributed by atoms with Gasteiger partial charge in [-0.25, -0.2) is 0 Å². The van der Waals surface area contributed by atoms with E-state index in [0.717, 1.165) is 30.2 Å². The molecule has 0 aliphatic heterocycles. The molecule has 0 fully saturated rings. The maximum Gasteiger partial charge on any atom is 0.191 e. The summed E-state index contributed by atoms with van der Waals surface area (Å²) in [6.07, 6.45) is 4.82. The maximum absolute atomic E-state index is 5.94. The summed E-state index contributed by atoms with van der Waals surface area (Å²) in [7, 11) is 1.79. The van der Waals surface area contributed by atoms with Crippen LogP contribution in [0, 0.1) is 13.8 Å². The molecule has 140 valence electrons. The first-order chi connectivity index (χ1) is 12.5. The van der Waals surface area contributed by atoms with Gasteiger partial charge < -0.3 is 15.4 Å². The Hall–Kier alpha value is -2.56. The van der Waals surface area contributed by atoms with E-state index in [-0.39, 0.29) is 6.10 Å². The highest BCUT2D eigenvalue weighted by molar-refractivity contribution is 5.79. The minimum absolute atomic E-state index is 0.150. The number of ether oxygens (including phenoxy) is 1. The highest BCUT2D eigenvalue weighted by atomic mass is 16.5. The standard InChI is InChI=1S/C21H30N4O/c1-15(2)26-20-12-16(3)6-7-19(20)14-25-21(22-5)24-11-9-18-8-10-23-13-17(18)4/h6-8,10,12-13,15H,9,11,14H2,1-5H3,(H2,22,24,25). The van der Waals surface area contributed by atoms with Crippen LogP contribution >= 0.6 is 0 Å². The van der Waals surface area contributed by atoms with Crippen molar-refractivity contribution in [1.82, 2.24) is 15.6 Å². The van der Waals surface area contributed by atoms with E-state index >= 15 is 0 Å². The van der Waals surface area contributed by atoms with Crippen LogP contribution < -0.4 is 15.4 Å². The van der Waals surface area contributed by atoms with Crippen LogP contribution in [-0.4, -0.2) is 30.6 Å². The van der Waals surface area contributed by atoms with Gasteiger partial charge in [0.05, 0.1) is 6.10 Å². The lowest BCUT2D eigenvalue weighted by Crippen LogP contribution is -2.38. The van der Waals surface area contributed by atoms with Crippen LogP contribution in [0.2, 0.25) is 0 Å². The van der Waals surface area contributed by atoms with Crippen molar-refractivity contribution in [2.75, 3.05) is 13.6 Å². The summed E-state index contributed by atoms with van der Waals surface area (Å²) in [5.74, 6) is 1.71.